The second-order valence-corrected chi connectivity index (χ2v) is 5.85. The lowest BCUT2D eigenvalue weighted by Gasteiger charge is -2.09. The summed E-state index contributed by atoms with van der Waals surface area (Å²) in [5, 5.41) is 6.66. The van der Waals surface area contributed by atoms with E-state index < -0.39 is 10.0 Å². The van der Waals surface area contributed by atoms with Crippen molar-refractivity contribution in [2.75, 3.05) is 10.5 Å². The summed E-state index contributed by atoms with van der Waals surface area (Å²) in [5.74, 6) is 0.229. The lowest BCUT2D eigenvalue weighted by atomic mass is 10.3. The minimum atomic E-state index is -3.26. The fraction of sp³-hybridized carbons (Fsp3) is 0.667. The van der Waals surface area contributed by atoms with Crippen molar-refractivity contribution in [2.24, 2.45) is 5.92 Å². The maximum absolute atomic E-state index is 11.7. The molecule has 86 valence electrons. The highest BCUT2D eigenvalue weighted by Crippen LogP contribution is 2.18. The van der Waals surface area contributed by atoms with Crippen LogP contribution in [-0.2, 0) is 10.0 Å². The molecule has 0 saturated carbocycles. The van der Waals surface area contributed by atoms with E-state index >= 15 is 0 Å². The average molecular weight is 231 g/mol. The van der Waals surface area contributed by atoms with Gasteiger partial charge in [-0.15, -0.1) is 0 Å². The average Bonchev–Trinajstić information content (AvgIpc) is 2.33. The van der Waals surface area contributed by atoms with Gasteiger partial charge >= 0.3 is 0 Å². The summed E-state index contributed by atoms with van der Waals surface area (Å²) in [7, 11) is -3.26. The van der Waals surface area contributed by atoms with Crippen LogP contribution in [0.5, 0.6) is 0 Å². The van der Waals surface area contributed by atoms with Gasteiger partial charge in [0.05, 0.1) is 22.8 Å². The zero-order chi connectivity index (χ0) is 11.6. The summed E-state index contributed by atoms with van der Waals surface area (Å²) in [5.41, 5.74) is 1.97. The van der Waals surface area contributed by atoms with Crippen LogP contribution in [0, 0.1) is 19.8 Å². The minimum absolute atomic E-state index is 0.106. The quantitative estimate of drug-likeness (QED) is 0.823. The van der Waals surface area contributed by atoms with Crippen LogP contribution in [0.3, 0.4) is 0 Å². The monoisotopic (exact) mass is 231 g/mol. The molecular formula is C9H17N3O2S. The molecule has 6 heteroatoms. The third-order valence-electron chi connectivity index (χ3n) is 1.94. The van der Waals surface area contributed by atoms with Crippen LogP contribution in [0.15, 0.2) is 0 Å². The highest BCUT2D eigenvalue weighted by molar-refractivity contribution is 7.92. The molecule has 0 aromatic carbocycles. The molecule has 1 aromatic heterocycles. The maximum Gasteiger partial charge on any atom is 0.233 e. The van der Waals surface area contributed by atoms with Crippen molar-refractivity contribution in [3.63, 3.8) is 0 Å². The van der Waals surface area contributed by atoms with E-state index in [1.54, 1.807) is 13.8 Å². The number of sulfonamides is 1. The van der Waals surface area contributed by atoms with E-state index in [4.69, 9.17) is 0 Å². The molecular weight excluding hydrogens is 214 g/mol. The Morgan fingerprint density at radius 2 is 2.00 bits per heavy atom. The number of H-pyrrole nitrogens is 1. The van der Waals surface area contributed by atoms with Gasteiger partial charge in [-0.05, 0) is 19.8 Å². The molecule has 1 heterocycles. The third-order valence-corrected chi connectivity index (χ3v) is 3.56. The summed E-state index contributed by atoms with van der Waals surface area (Å²) in [4.78, 5) is 0. The summed E-state index contributed by atoms with van der Waals surface area (Å²) >= 11 is 0. The number of rotatable bonds is 4. The van der Waals surface area contributed by atoms with Crippen LogP contribution in [0.4, 0.5) is 5.69 Å². The fourth-order valence-electron chi connectivity index (χ4n) is 1.34. The van der Waals surface area contributed by atoms with Gasteiger partial charge in [-0.25, -0.2) is 8.42 Å². The van der Waals surface area contributed by atoms with Gasteiger partial charge in [-0.1, -0.05) is 13.8 Å². The van der Waals surface area contributed by atoms with E-state index in [2.05, 4.69) is 14.9 Å². The van der Waals surface area contributed by atoms with Crippen molar-refractivity contribution in [3.05, 3.63) is 11.4 Å². The fourth-order valence-corrected chi connectivity index (χ4v) is 2.91. The first-order valence-corrected chi connectivity index (χ1v) is 6.49. The van der Waals surface area contributed by atoms with Crippen LogP contribution in [0.25, 0.3) is 0 Å². The van der Waals surface area contributed by atoms with Gasteiger partial charge in [0.15, 0.2) is 0 Å². The molecule has 5 nitrogen and oxygen atoms in total. The first-order valence-electron chi connectivity index (χ1n) is 4.84. The first-order chi connectivity index (χ1) is 6.82. The molecule has 0 amide bonds. The summed E-state index contributed by atoms with van der Waals surface area (Å²) in [6.07, 6.45) is 0. The molecule has 0 aliphatic carbocycles. The molecule has 2 N–H and O–H groups in total. The summed E-state index contributed by atoms with van der Waals surface area (Å²) < 4.78 is 25.9. The van der Waals surface area contributed by atoms with Gasteiger partial charge in [0, 0.05) is 0 Å². The molecule has 0 unspecified atom stereocenters. The standard InChI is InChI=1S/C9H17N3O2S/c1-6(2)5-15(13,14)12-9-7(3)10-11-8(9)4/h6,12H,5H2,1-4H3,(H,10,11). The number of aryl methyl sites for hydroxylation is 2. The van der Waals surface area contributed by atoms with Crippen molar-refractivity contribution in [2.45, 2.75) is 27.7 Å². The number of aromatic nitrogens is 2. The van der Waals surface area contributed by atoms with E-state index in [-0.39, 0.29) is 11.7 Å². The Kier molecular flexibility index (Phi) is 3.38. The van der Waals surface area contributed by atoms with Crippen LogP contribution in [0.1, 0.15) is 25.2 Å². The van der Waals surface area contributed by atoms with Crippen LogP contribution < -0.4 is 4.72 Å². The van der Waals surface area contributed by atoms with Gasteiger partial charge < -0.3 is 0 Å². The number of nitrogens with zero attached hydrogens (tertiary/aromatic N) is 1. The third kappa shape index (κ3) is 3.23. The van der Waals surface area contributed by atoms with Crippen molar-refractivity contribution in [3.8, 4) is 0 Å². The molecule has 0 atom stereocenters. The Morgan fingerprint density at radius 1 is 1.40 bits per heavy atom. The van der Waals surface area contributed by atoms with Gasteiger partial charge in [0.25, 0.3) is 0 Å². The Balaban J connectivity index is 2.87. The number of hydrogen-bond donors (Lipinski definition) is 2. The first kappa shape index (κ1) is 12.0. The Labute approximate surface area is 90.3 Å². The topological polar surface area (TPSA) is 74.8 Å². The predicted molar refractivity (Wildman–Crippen MR) is 60.3 cm³/mol. The van der Waals surface area contributed by atoms with Gasteiger partial charge in [-0.2, -0.15) is 5.10 Å². The second kappa shape index (κ2) is 4.22. The zero-order valence-electron chi connectivity index (χ0n) is 9.46. The molecule has 0 radical (unpaired) electrons. The van der Waals surface area contributed by atoms with Crippen LogP contribution in [0.2, 0.25) is 0 Å². The molecule has 1 rings (SSSR count). The van der Waals surface area contributed by atoms with E-state index in [0.717, 1.165) is 5.69 Å². The van der Waals surface area contributed by atoms with Crippen LogP contribution >= 0.6 is 0 Å². The Morgan fingerprint density at radius 3 is 2.40 bits per heavy atom. The molecule has 0 bridgehead atoms. The maximum atomic E-state index is 11.7. The highest BCUT2D eigenvalue weighted by atomic mass is 32.2. The lowest BCUT2D eigenvalue weighted by Crippen LogP contribution is -2.20. The Hall–Kier alpha value is -1.04. The molecule has 1 aromatic rings. The number of anilines is 1. The zero-order valence-corrected chi connectivity index (χ0v) is 10.3. The van der Waals surface area contributed by atoms with E-state index in [9.17, 15) is 8.42 Å². The summed E-state index contributed by atoms with van der Waals surface area (Å²) in [6, 6.07) is 0. The van der Waals surface area contributed by atoms with Gasteiger partial charge in [0.2, 0.25) is 10.0 Å². The predicted octanol–water partition coefficient (Wildman–Crippen LogP) is 1.42. The second-order valence-electron chi connectivity index (χ2n) is 4.09. The number of hydrogen-bond acceptors (Lipinski definition) is 3. The molecule has 0 saturated heterocycles. The SMILES string of the molecule is Cc1n[nH]c(C)c1NS(=O)(=O)CC(C)C. The van der Waals surface area contributed by atoms with Crippen molar-refractivity contribution in [1.29, 1.82) is 0 Å². The van der Waals surface area contributed by atoms with Crippen LogP contribution in [-0.4, -0.2) is 24.4 Å². The molecule has 0 aliphatic rings. The summed E-state index contributed by atoms with van der Waals surface area (Å²) in [6.45, 7) is 7.28. The van der Waals surface area contributed by atoms with Crippen molar-refractivity contribution < 1.29 is 8.42 Å². The normalized spacial score (nSPS) is 12.1. The Bertz CT molecular complexity index is 415. The molecule has 0 aliphatic heterocycles. The smallest absolute Gasteiger partial charge is 0.233 e. The number of nitrogens with one attached hydrogen (secondary N) is 2. The van der Waals surface area contributed by atoms with Crippen molar-refractivity contribution in [1.82, 2.24) is 10.2 Å². The van der Waals surface area contributed by atoms with Crippen molar-refractivity contribution >= 4 is 15.7 Å². The van der Waals surface area contributed by atoms with E-state index in [1.807, 2.05) is 13.8 Å². The number of aromatic amines is 1. The lowest BCUT2D eigenvalue weighted by molar-refractivity contribution is 0.587. The minimum Gasteiger partial charge on any atom is -0.280 e. The largest absolute Gasteiger partial charge is 0.280 e. The van der Waals surface area contributed by atoms with E-state index in [0.29, 0.717) is 11.4 Å². The van der Waals surface area contributed by atoms with E-state index in [1.165, 1.54) is 0 Å². The van der Waals surface area contributed by atoms with Gasteiger partial charge in [0.1, 0.15) is 0 Å². The molecule has 0 fully saturated rings. The molecule has 0 spiro atoms. The molecule has 15 heavy (non-hydrogen) atoms. The van der Waals surface area contributed by atoms with Gasteiger partial charge in [-0.3, -0.25) is 9.82 Å². The highest BCUT2D eigenvalue weighted by Gasteiger charge is 2.16.